The average molecular weight is 565 g/mol. The average Bonchev–Trinajstić information content (AvgIpc) is 3.20. The fourth-order valence-corrected chi connectivity index (χ4v) is 5.46. The van der Waals surface area contributed by atoms with Crippen LogP contribution < -0.4 is 15.4 Å². The van der Waals surface area contributed by atoms with Crippen LogP contribution in [0.2, 0.25) is 0 Å². The van der Waals surface area contributed by atoms with Crippen molar-refractivity contribution in [2.75, 3.05) is 23.9 Å². The maximum absolute atomic E-state index is 13.3. The van der Waals surface area contributed by atoms with Gasteiger partial charge in [-0.25, -0.2) is 18.5 Å². The number of nitrogens with two attached hydrogens (primary N) is 1. The van der Waals surface area contributed by atoms with Crippen molar-refractivity contribution in [3.8, 4) is 0 Å². The number of ether oxygens (including phenoxy) is 1. The van der Waals surface area contributed by atoms with Crippen molar-refractivity contribution in [3.63, 3.8) is 0 Å². The Morgan fingerprint density at radius 1 is 1.08 bits per heavy atom. The van der Waals surface area contributed by atoms with Crippen molar-refractivity contribution in [2.45, 2.75) is 23.0 Å². The van der Waals surface area contributed by atoms with Gasteiger partial charge in [-0.05, 0) is 60.5 Å². The number of anilines is 2. The van der Waals surface area contributed by atoms with Crippen molar-refractivity contribution in [3.05, 3.63) is 96.6 Å². The van der Waals surface area contributed by atoms with Gasteiger partial charge >= 0.3 is 0 Å². The summed E-state index contributed by atoms with van der Waals surface area (Å²) in [6.45, 7) is 4.19. The van der Waals surface area contributed by atoms with Crippen LogP contribution in [-0.4, -0.2) is 44.3 Å². The van der Waals surface area contributed by atoms with Crippen molar-refractivity contribution in [1.29, 1.82) is 0 Å². The van der Waals surface area contributed by atoms with Gasteiger partial charge in [0.05, 0.1) is 17.7 Å². The minimum absolute atomic E-state index is 0.0422. The van der Waals surface area contributed by atoms with Crippen LogP contribution in [0.4, 0.5) is 11.4 Å². The molecule has 1 heterocycles. The quantitative estimate of drug-likeness (QED) is 0.174. The number of amides is 2. The molecule has 1 atom stereocenters. The number of carbonyl (C=O) groups excluding carboxylic acids is 2. The zero-order valence-corrected chi connectivity index (χ0v) is 22.9. The highest BCUT2D eigenvalue weighted by atomic mass is 32.2. The summed E-state index contributed by atoms with van der Waals surface area (Å²) in [5.74, 6) is -0.114. The fourth-order valence-electron chi connectivity index (χ4n) is 3.90. The van der Waals surface area contributed by atoms with E-state index >= 15 is 0 Å². The highest BCUT2D eigenvalue weighted by molar-refractivity contribution is 8.15. The molecule has 0 saturated carbocycles. The SMILES string of the molecule is C=C(OC)c1ccc(N2C(=O)CC(SC(=NCCc3ccc(S(N)(=O)=O)cc3)Nc3ccccc3)C2=O)cc1. The van der Waals surface area contributed by atoms with E-state index in [4.69, 9.17) is 9.88 Å². The fraction of sp³-hybridized carbons (Fsp3) is 0.179. The molecule has 3 N–H and O–H groups in total. The number of imide groups is 1. The molecule has 0 radical (unpaired) electrons. The van der Waals surface area contributed by atoms with Crippen LogP contribution in [0.25, 0.3) is 5.76 Å². The maximum Gasteiger partial charge on any atom is 0.247 e. The lowest BCUT2D eigenvalue weighted by atomic mass is 10.1. The molecular weight excluding hydrogens is 536 g/mol. The third kappa shape index (κ3) is 7.14. The van der Waals surface area contributed by atoms with Gasteiger partial charge < -0.3 is 10.1 Å². The van der Waals surface area contributed by atoms with Gasteiger partial charge in [-0.3, -0.25) is 14.6 Å². The summed E-state index contributed by atoms with van der Waals surface area (Å²) in [4.78, 5) is 32.0. The van der Waals surface area contributed by atoms with Crippen molar-refractivity contribution in [2.24, 2.45) is 10.1 Å². The van der Waals surface area contributed by atoms with Crippen LogP contribution in [0, 0.1) is 0 Å². The number of aliphatic imine (C=N–C) groups is 1. The Labute approximate surface area is 231 Å². The summed E-state index contributed by atoms with van der Waals surface area (Å²) in [5, 5.41) is 8.27. The molecule has 3 aromatic rings. The van der Waals surface area contributed by atoms with Crippen LogP contribution >= 0.6 is 11.8 Å². The number of methoxy groups -OCH3 is 1. The molecule has 0 bridgehead atoms. The Bertz CT molecular complexity index is 1490. The Morgan fingerprint density at radius 2 is 1.74 bits per heavy atom. The molecule has 0 spiro atoms. The van der Waals surface area contributed by atoms with Gasteiger partial charge in [0.15, 0.2) is 5.17 Å². The minimum atomic E-state index is -3.76. The van der Waals surface area contributed by atoms with Gasteiger partial charge in [-0.1, -0.05) is 48.7 Å². The second kappa shape index (κ2) is 12.3. The van der Waals surface area contributed by atoms with Gasteiger partial charge in [0.25, 0.3) is 0 Å². The number of hydrogen-bond donors (Lipinski definition) is 2. The number of sulfonamides is 1. The molecule has 1 saturated heterocycles. The highest BCUT2D eigenvalue weighted by Gasteiger charge is 2.40. The number of nitrogens with zero attached hydrogens (tertiary/aromatic N) is 2. The predicted octanol–water partition coefficient (Wildman–Crippen LogP) is 4.03. The van der Waals surface area contributed by atoms with E-state index in [9.17, 15) is 18.0 Å². The first-order chi connectivity index (χ1) is 18.7. The summed E-state index contributed by atoms with van der Waals surface area (Å²) < 4.78 is 28.1. The molecule has 3 aromatic carbocycles. The summed E-state index contributed by atoms with van der Waals surface area (Å²) in [6, 6.07) is 22.6. The van der Waals surface area contributed by atoms with E-state index in [1.807, 2.05) is 30.3 Å². The molecule has 11 heteroatoms. The van der Waals surface area contributed by atoms with Gasteiger partial charge in [-0.2, -0.15) is 0 Å². The highest BCUT2D eigenvalue weighted by Crippen LogP contribution is 2.31. The first kappa shape index (κ1) is 28.1. The van der Waals surface area contributed by atoms with Crippen LogP contribution in [0.1, 0.15) is 17.5 Å². The van der Waals surface area contributed by atoms with Gasteiger partial charge in [0.1, 0.15) is 11.0 Å². The third-order valence-corrected chi connectivity index (χ3v) is 8.02. The smallest absolute Gasteiger partial charge is 0.247 e. The second-order valence-electron chi connectivity index (χ2n) is 8.67. The Balaban J connectivity index is 1.48. The zero-order valence-electron chi connectivity index (χ0n) is 21.2. The maximum atomic E-state index is 13.3. The van der Waals surface area contributed by atoms with E-state index in [-0.39, 0.29) is 23.1 Å². The van der Waals surface area contributed by atoms with Crippen LogP contribution in [0.5, 0.6) is 0 Å². The number of hydrogen-bond acceptors (Lipinski definition) is 7. The molecule has 202 valence electrons. The minimum Gasteiger partial charge on any atom is -0.497 e. The van der Waals surface area contributed by atoms with Crippen LogP contribution in [-0.2, 0) is 30.8 Å². The van der Waals surface area contributed by atoms with E-state index in [0.29, 0.717) is 29.6 Å². The molecule has 0 aliphatic carbocycles. The summed E-state index contributed by atoms with van der Waals surface area (Å²) in [7, 11) is -2.23. The number of primary sulfonamides is 1. The first-order valence-corrected chi connectivity index (χ1v) is 14.4. The zero-order chi connectivity index (χ0) is 28.0. The molecule has 1 unspecified atom stereocenters. The van der Waals surface area contributed by atoms with Crippen molar-refractivity contribution >= 4 is 55.9 Å². The van der Waals surface area contributed by atoms with E-state index in [0.717, 1.165) is 16.8 Å². The van der Waals surface area contributed by atoms with Crippen molar-refractivity contribution < 1.29 is 22.7 Å². The van der Waals surface area contributed by atoms with E-state index in [1.54, 1.807) is 36.4 Å². The summed E-state index contributed by atoms with van der Waals surface area (Å²) in [5.41, 5.74) is 2.92. The first-order valence-electron chi connectivity index (χ1n) is 12.0. The molecule has 9 nitrogen and oxygen atoms in total. The Kier molecular flexibility index (Phi) is 8.85. The van der Waals surface area contributed by atoms with Crippen molar-refractivity contribution in [1.82, 2.24) is 0 Å². The molecule has 1 fully saturated rings. The number of rotatable bonds is 9. The van der Waals surface area contributed by atoms with Gasteiger partial charge in [0.2, 0.25) is 21.8 Å². The van der Waals surface area contributed by atoms with Crippen LogP contribution in [0.15, 0.2) is 95.3 Å². The normalized spacial score (nSPS) is 15.9. The molecule has 0 aromatic heterocycles. The summed E-state index contributed by atoms with van der Waals surface area (Å²) >= 11 is 1.21. The van der Waals surface area contributed by atoms with E-state index in [1.165, 1.54) is 35.9 Å². The predicted molar refractivity (Wildman–Crippen MR) is 155 cm³/mol. The molecule has 2 amide bonds. The number of nitrogens with one attached hydrogen (secondary N) is 1. The summed E-state index contributed by atoms with van der Waals surface area (Å²) in [6.07, 6.45) is 0.578. The van der Waals surface area contributed by atoms with E-state index < -0.39 is 15.3 Å². The molecule has 4 rings (SSSR count). The molecule has 1 aliphatic rings. The van der Waals surface area contributed by atoms with Crippen LogP contribution in [0.3, 0.4) is 0 Å². The largest absolute Gasteiger partial charge is 0.497 e. The Morgan fingerprint density at radius 3 is 2.36 bits per heavy atom. The van der Waals surface area contributed by atoms with Gasteiger partial charge in [0, 0.05) is 24.2 Å². The monoisotopic (exact) mass is 564 g/mol. The van der Waals surface area contributed by atoms with Gasteiger partial charge in [-0.15, -0.1) is 0 Å². The topological polar surface area (TPSA) is 131 Å². The van der Waals surface area contributed by atoms with E-state index in [2.05, 4.69) is 16.9 Å². The standard InChI is InChI=1S/C28H28N4O5S2/c1-19(37-2)21-10-12-23(13-11-21)32-26(33)18-25(27(32)34)38-28(31-22-6-4-3-5-7-22)30-17-16-20-8-14-24(15-9-20)39(29,35)36/h3-15,25H,1,16-18H2,2H3,(H,30,31)(H2,29,35,36). The Hall–Kier alpha value is -3.93. The molecule has 39 heavy (non-hydrogen) atoms. The number of thioether (sulfide) groups is 1. The number of para-hydroxylation sites is 1. The molecular formula is C28H28N4O5S2. The third-order valence-electron chi connectivity index (χ3n) is 5.99. The lowest BCUT2D eigenvalue weighted by Gasteiger charge is -2.16. The second-order valence-corrected chi connectivity index (χ2v) is 11.4. The molecule has 1 aliphatic heterocycles. The lowest BCUT2D eigenvalue weighted by Crippen LogP contribution is -2.31. The number of amidine groups is 1. The number of benzene rings is 3. The number of carbonyl (C=O) groups is 2. The lowest BCUT2D eigenvalue weighted by molar-refractivity contribution is -0.121.